The van der Waals surface area contributed by atoms with E-state index in [-0.39, 0.29) is 18.4 Å². The molecule has 110 valence electrons. The number of urea groups is 1. The quantitative estimate of drug-likeness (QED) is 0.790. The molecule has 2 fully saturated rings. The molecule has 1 N–H and O–H groups in total. The number of imide groups is 1. The highest BCUT2D eigenvalue weighted by Crippen LogP contribution is 2.20. The van der Waals surface area contributed by atoms with Crippen LogP contribution in [0.4, 0.5) is 10.5 Å². The maximum Gasteiger partial charge on any atom is 0.329 e. The summed E-state index contributed by atoms with van der Waals surface area (Å²) >= 11 is 0. The van der Waals surface area contributed by atoms with E-state index in [1.54, 1.807) is 29.2 Å². The molecule has 1 aromatic carbocycles. The van der Waals surface area contributed by atoms with Crippen LogP contribution in [0.5, 0.6) is 0 Å². The van der Waals surface area contributed by atoms with Gasteiger partial charge >= 0.3 is 6.03 Å². The molecule has 2 aliphatic rings. The lowest BCUT2D eigenvalue weighted by molar-refractivity contribution is -0.115. The minimum Gasteiger partial charge on any atom is -0.378 e. The number of hydrogen-bond acceptors (Lipinski definition) is 4. The van der Waals surface area contributed by atoms with Crippen molar-refractivity contribution in [2.24, 2.45) is 0 Å². The fraction of sp³-hybridized carbons (Fsp3) is 0.357. The van der Waals surface area contributed by atoms with Gasteiger partial charge in [0.25, 0.3) is 11.8 Å². The predicted octanol–water partition coefficient (Wildman–Crippen LogP) is 0.215. The number of carbonyl (C=O) groups is 3. The van der Waals surface area contributed by atoms with Crippen molar-refractivity contribution >= 4 is 23.5 Å². The van der Waals surface area contributed by atoms with Gasteiger partial charge < -0.3 is 15.0 Å². The number of carbonyl (C=O) groups excluding carboxylic acids is 3. The second-order valence-electron chi connectivity index (χ2n) is 4.84. The lowest BCUT2D eigenvalue weighted by atomic mass is 10.1. The van der Waals surface area contributed by atoms with Crippen LogP contribution in [0.15, 0.2) is 24.3 Å². The molecule has 0 aliphatic carbocycles. The minimum absolute atomic E-state index is 0.0134. The molecule has 7 nitrogen and oxygen atoms in total. The van der Waals surface area contributed by atoms with E-state index in [0.29, 0.717) is 37.6 Å². The predicted molar refractivity (Wildman–Crippen MR) is 74.0 cm³/mol. The van der Waals surface area contributed by atoms with Crippen LogP contribution in [-0.2, 0) is 9.53 Å². The largest absolute Gasteiger partial charge is 0.378 e. The zero-order chi connectivity index (χ0) is 14.8. The van der Waals surface area contributed by atoms with E-state index in [4.69, 9.17) is 4.74 Å². The van der Waals surface area contributed by atoms with E-state index < -0.39 is 6.03 Å². The topological polar surface area (TPSA) is 79.0 Å². The van der Waals surface area contributed by atoms with Gasteiger partial charge in [0.05, 0.1) is 25.4 Å². The zero-order valence-corrected chi connectivity index (χ0v) is 11.4. The standard InChI is InChI=1S/C14H15N3O4/c18-12-9-15-14(20)17(12)11-3-1-2-10(8-11)13(19)16-4-6-21-7-5-16/h1-3,8H,4-7,9H2,(H,15,20). The number of anilines is 1. The molecule has 1 aromatic rings. The number of nitrogens with zero attached hydrogens (tertiary/aromatic N) is 2. The van der Waals surface area contributed by atoms with Crippen molar-refractivity contribution in [3.8, 4) is 0 Å². The van der Waals surface area contributed by atoms with Crippen molar-refractivity contribution < 1.29 is 19.1 Å². The van der Waals surface area contributed by atoms with Crippen molar-refractivity contribution in [1.29, 1.82) is 0 Å². The first-order chi connectivity index (χ1) is 10.2. The molecule has 0 radical (unpaired) electrons. The Kier molecular flexibility index (Phi) is 3.57. The normalized spacial score (nSPS) is 18.9. The van der Waals surface area contributed by atoms with Crippen LogP contribution in [0.1, 0.15) is 10.4 Å². The van der Waals surface area contributed by atoms with Crippen LogP contribution in [0.25, 0.3) is 0 Å². The molecule has 0 saturated carbocycles. The summed E-state index contributed by atoms with van der Waals surface area (Å²) < 4.78 is 5.22. The van der Waals surface area contributed by atoms with Crippen LogP contribution < -0.4 is 10.2 Å². The number of ether oxygens (including phenoxy) is 1. The van der Waals surface area contributed by atoms with Crippen LogP contribution >= 0.6 is 0 Å². The Morgan fingerprint density at radius 1 is 1.19 bits per heavy atom. The third kappa shape index (κ3) is 2.59. The number of morpholine rings is 1. The number of amides is 4. The van der Waals surface area contributed by atoms with Gasteiger partial charge in [0, 0.05) is 18.7 Å². The van der Waals surface area contributed by atoms with E-state index in [2.05, 4.69) is 5.32 Å². The third-order valence-corrected chi connectivity index (χ3v) is 3.49. The van der Waals surface area contributed by atoms with E-state index in [1.807, 2.05) is 0 Å². The fourth-order valence-corrected chi connectivity index (χ4v) is 2.41. The first kappa shape index (κ1) is 13.6. The summed E-state index contributed by atoms with van der Waals surface area (Å²) in [4.78, 5) is 38.5. The highest BCUT2D eigenvalue weighted by Gasteiger charge is 2.30. The molecular formula is C14H15N3O4. The van der Waals surface area contributed by atoms with Crippen molar-refractivity contribution in [3.63, 3.8) is 0 Å². The Morgan fingerprint density at radius 3 is 2.62 bits per heavy atom. The number of hydrogen-bond donors (Lipinski definition) is 1. The van der Waals surface area contributed by atoms with E-state index >= 15 is 0 Å². The molecule has 2 heterocycles. The molecule has 0 atom stereocenters. The van der Waals surface area contributed by atoms with Gasteiger partial charge in [-0.25, -0.2) is 9.69 Å². The van der Waals surface area contributed by atoms with Gasteiger partial charge in [0.2, 0.25) is 0 Å². The first-order valence-corrected chi connectivity index (χ1v) is 6.75. The lowest BCUT2D eigenvalue weighted by Gasteiger charge is -2.27. The monoisotopic (exact) mass is 289 g/mol. The van der Waals surface area contributed by atoms with Gasteiger partial charge in [-0.2, -0.15) is 0 Å². The average Bonchev–Trinajstić information content (AvgIpc) is 2.86. The second-order valence-corrected chi connectivity index (χ2v) is 4.84. The number of nitrogens with one attached hydrogen (secondary N) is 1. The molecule has 0 unspecified atom stereocenters. The van der Waals surface area contributed by atoms with Gasteiger partial charge in [0.1, 0.15) is 0 Å². The Morgan fingerprint density at radius 2 is 1.95 bits per heavy atom. The Hall–Kier alpha value is -2.41. The van der Waals surface area contributed by atoms with Crippen LogP contribution in [0, 0.1) is 0 Å². The summed E-state index contributed by atoms with van der Waals surface area (Å²) in [7, 11) is 0. The van der Waals surface area contributed by atoms with Gasteiger partial charge in [0.15, 0.2) is 0 Å². The fourth-order valence-electron chi connectivity index (χ4n) is 2.41. The zero-order valence-electron chi connectivity index (χ0n) is 11.4. The summed E-state index contributed by atoms with van der Waals surface area (Å²) in [6.07, 6.45) is 0. The van der Waals surface area contributed by atoms with E-state index in [9.17, 15) is 14.4 Å². The Balaban J connectivity index is 1.84. The highest BCUT2D eigenvalue weighted by atomic mass is 16.5. The molecule has 4 amide bonds. The van der Waals surface area contributed by atoms with Crippen molar-refractivity contribution in [3.05, 3.63) is 29.8 Å². The molecule has 0 aromatic heterocycles. The van der Waals surface area contributed by atoms with Crippen molar-refractivity contribution in [1.82, 2.24) is 10.2 Å². The maximum atomic E-state index is 12.4. The van der Waals surface area contributed by atoms with Crippen molar-refractivity contribution in [2.45, 2.75) is 0 Å². The average molecular weight is 289 g/mol. The summed E-state index contributed by atoms with van der Waals surface area (Å²) in [5.41, 5.74) is 0.871. The van der Waals surface area contributed by atoms with E-state index in [1.165, 1.54) is 0 Å². The van der Waals surface area contributed by atoms with Crippen LogP contribution in [0.2, 0.25) is 0 Å². The van der Waals surface area contributed by atoms with Gasteiger partial charge in [-0.3, -0.25) is 9.59 Å². The summed E-state index contributed by atoms with van der Waals surface area (Å²) in [5, 5.41) is 2.46. The molecule has 21 heavy (non-hydrogen) atoms. The third-order valence-electron chi connectivity index (χ3n) is 3.49. The Labute approximate surface area is 121 Å². The molecule has 3 rings (SSSR count). The summed E-state index contributed by atoms with van der Waals surface area (Å²) in [5.74, 6) is -0.442. The first-order valence-electron chi connectivity index (χ1n) is 6.75. The highest BCUT2D eigenvalue weighted by molar-refractivity contribution is 6.20. The van der Waals surface area contributed by atoms with Crippen molar-refractivity contribution in [2.75, 3.05) is 37.7 Å². The van der Waals surface area contributed by atoms with Crippen LogP contribution in [0.3, 0.4) is 0 Å². The molecule has 2 saturated heterocycles. The van der Waals surface area contributed by atoms with E-state index in [0.717, 1.165) is 4.90 Å². The minimum atomic E-state index is -0.462. The van der Waals surface area contributed by atoms with Crippen LogP contribution in [-0.4, -0.2) is 55.6 Å². The molecule has 7 heteroatoms. The molecular weight excluding hydrogens is 274 g/mol. The number of rotatable bonds is 2. The Bertz CT molecular complexity index is 580. The number of benzene rings is 1. The second kappa shape index (κ2) is 5.53. The van der Waals surface area contributed by atoms with Gasteiger partial charge in [-0.1, -0.05) is 6.07 Å². The lowest BCUT2D eigenvalue weighted by Crippen LogP contribution is -2.40. The summed E-state index contributed by atoms with van der Waals surface area (Å²) in [6.45, 7) is 2.13. The summed E-state index contributed by atoms with van der Waals surface area (Å²) in [6, 6.07) is 6.09. The molecule has 0 bridgehead atoms. The SMILES string of the molecule is O=C(c1cccc(N2C(=O)CNC2=O)c1)N1CCOCC1. The van der Waals surface area contributed by atoms with Gasteiger partial charge in [-0.05, 0) is 18.2 Å². The molecule has 2 aliphatic heterocycles. The maximum absolute atomic E-state index is 12.4. The van der Waals surface area contributed by atoms with Gasteiger partial charge in [-0.15, -0.1) is 0 Å². The molecule has 0 spiro atoms. The smallest absolute Gasteiger partial charge is 0.329 e.